The Morgan fingerprint density at radius 3 is 2.56 bits per heavy atom. The van der Waals surface area contributed by atoms with Crippen LogP contribution in [0.15, 0.2) is 69.3 Å². The molecule has 36 heavy (non-hydrogen) atoms. The van der Waals surface area contributed by atoms with E-state index in [-0.39, 0.29) is 41.4 Å². The summed E-state index contributed by atoms with van der Waals surface area (Å²) in [7, 11) is -4.24. The summed E-state index contributed by atoms with van der Waals surface area (Å²) in [6.45, 7) is -0.0963. The van der Waals surface area contributed by atoms with E-state index >= 15 is 4.39 Å². The second-order valence-corrected chi connectivity index (χ2v) is 12.5. The second kappa shape index (κ2) is 9.81. The van der Waals surface area contributed by atoms with Gasteiger partial charge in [0.2, 0.25) is 5.56 Å². The molecule has 0 radical (unpaired) electrons. The summed E-state index contributed by atoms with van der Waals surface area (Å²) in [5, 5.41) is 0.358. The number of aromatic amines is 1. The van der Waals surface area contributed by atoms with E-state index in [0.717, 1.165) is 17.0 Å². The molecule has 3 atom stereocenters. The number of aromatic nitrogens is 1. The van der Waals surface area contributed by atoms with E-state index in [1.807, 2.05) is 0 Å². The zero-order valence-corrected chi connectivity index (χ0v) is 21.3. The fourth-order valence-corrected chi connectivity index (χ4v) is 8.48. The first-order chi connectivity index (χ1) is 17.2. The maximum Gasteiger partial charge on any atom is 0.247 e. The number of thioether (sulfide) groups is 1. The van der Waals surface area contributed by atoms with E-state index in [0.29, 0.717) is 17.2 Å². The number of benzene rings is 2. The molecule has 3 aromatic rings. The fourth-order valence-electron chi connectivity index (χ4n) is 5.11. The zero-order valence-electron chi connectivity index (χ0n) is 18.9. The number of hydrogen-bond donors (Lipinski definition) is 1. The lowest BCUT2D eigenvalue weighted by Gasteiger charge is -2.50. The van der Waals surface area contributed by atoms with Crippen LogP contribution in [-0.2, 0) is 19.3 Å². The Morgan fingerprint density at radius 1 is 1.08 bits per heavy atom. The van der Waals surface area contributed by atoms with Crippen molar-refractivity contribution in [1.82, 2.24) is 4.98 Å². The summed E-state index contributed by atoms with van der Waals surface area (Å²) < 4.78 is 68.6. The minimum Gasteiger partial charge on any atom is -0.490 e. The van der Waals surface area contributed by atoms with Crippen molar-refractivity contribution >= 4 is 33.2 Å². The SMILES string of the molecule is O=c1ccc(SCC[C@@H]2OCC[C@@]3(S(=O)(=O)c4ccc(Cl)cc4)c4c(F)ccc(F)c4OC[C@@H]23)c[nH]1. The molecule has 0 spiro atoms. The van der Waals surface area contributed by atoms with Crippen molar-refractivity contribution in [1.29, 1.82) is 0 Å². The first-order valence-electron chi connectivity index (χ1n) is 11.3. The third-order valence-corrected chi connectivity index (χ3v) is 10.6. The van der Waals surface area contributed by atoms with Crippen LogP contribution < -0.4 is 10.3 Å². The largest absolute Gasteiger partial charge is 0.490 e. The van der Waals surface area contributed by atoms with Gasteiger partial charge in [-0.25, -0.2) is 17.2 Å². The van der Waals surface area contributed by atoms with E-state index in [9.17, 15) is 17.6 Å². The Bertz CT molecular complexity index is 1430. The van der Waals surface area contributed by atoms with Crippen LogP contribution in [0.25, 0.3) is 0 Å². The van der Waals surface area contributed by atoms with Crippen LogP contribution in [0.4, 0.5) is 8.78 Å². The van der Waals surface area contributed by atoms with Crippen LogP contribution in [0.1, 0.15) is 18.4 Å². The van der Waals surface area contributed by atoms with Crippen molar-refractivity contribution < 1.29 is 26.7 Å². The van der Waals surface area contributed by atoms with Gasteiger partial charge in [0, 0.05) is 40.5 Å². The number of halogens is 3. The Labute approximate surface area is 215 Å². The fraction of sp³-hybridized carbons (Fsp3) is 0.320. The average Bonchev–Trinajstić information content (AvgIpc) is 2.87. The molecule has 190 valence electrons. The van der Waals surface area contributed by atoms with Crippen molar-refractivity contribution in [2.45, 2.75) is 33.5 Å². The van der Waals surface area contributed by atoms with Crippen molar-refractivity contribution in [3.63, 3.8) is 0 Å². The molecule has 2 aliphatic rings. The third kappa shape index (κ3) is 4.23. The molecule has 1 fully saturated rings. The Kier molecular flexibility index (Phi) is 6.88. The van der Waals surface area contributed by atoms with Gasteiger partial charge in [0.05, 0.1) is 23.2 Å². The number of ether oxygens (including phenoxy) is 2. The molecule has 2 aliphatic heterocycles. The molecule has 0 bridgehead atoms. The third-order valence-electron chi connectivity index (χ3n) is 6.77. The average molecular weight is 554 g/mol. The molecule has 0 unspecified atom stereocenters. The standard InChI is InChI=1S/C25H22ClF2NO5S2/c26-15-1-4-17(5-2-15)36(31,32)25-10-11-33-21(9-12-35-16-3-8-22(30)29-13-16)18(25)14-34-24-20(28)7-6-19(27)23(24)25/h1-8,13,18,21H,9-12,14H2,(H,29,30)/t18-,21-,25-/m0/s1. The van der Waals surface area contributed by atoms with Crippen LogP contribution in [0.2, 0.25) is 5.02 Å². The highest BCUT2D eigenvalue weighted by atomic mass is 35.5. The molecule has 6 nitrogen and oxygen atoms in total. The van der Waals surface area contributed by atoms with Gasteiger partial charge in [-0.3, -0.25) is 4.79 Å². The Morgan fingerprint density at radius 2 is 1.83 bits per heavy atom. The number of hydrogen-bond acceptors (Lipinski definition) is 6. The van der Waals surface area contributed by atoms with E-state index in [4.69, 9.17) is 21.1 Å². The van der Waals surface area contributed by atoms with Gasteiger partial charge >= 0.3 is 0 Å². The summed E-state index contributed by atoms with van der Waals surface area (Å²) >= 11 is 7.45. The summed E-state index contributed by atoms with van der Waals surface area (Å²) in [4.78, 5) is 14.7. The quantitative estimate of drug-likeness (QED) is 0.435. The van der Waals surface area contributed by atoms with Crippen LogP contribution in [0.3, 0.4) is 0 Å². The van der Waals surface area contributed by atoms with Gasteiger partial charge in [0.15, 0.2) is 21.4 Å². The van der Waals surface area contributed by atoms with E-state index in [1.165, 1.54) is 42.1 Å². The zero-order chi connectivity index (χ0) is 25.5. The lowest BCUT2D eigenvalue weighted by atomic mass is 9.75. The van der Waals surface area contributed by atoms with E-state index < -0.39 is 38.2 Å². The predicted octanol–water partition coefficient (Wildman–Crippen LogP) is 4.96. The van der Waals surface area contributed by atoms with E-state index in [1.54, 1.807) is 12.3 Å². The number of pyridine rings is 1. The maximum absolute atomic E-state index is 15.4. The molecule has 0 aliphatic carbocycles. The molecule has 1 N–H and O–H groups in total. The van der Waals surface area contributed by atoms with Crippen LogP contribution in [-0.4, -0.2) is 38.5 Å². The highest BCUT2D eigenvalue weighted by Gasteiger charge is 2.61. The summed E-state index contributed by atoms with van der Waals surface area (Å²) in [5.41, 5.74) is -0.491. The molecule has 2 aromatic carbocycles. The molecule has 5 rings (SSSR count). The molecule has 0 saturated carbocycles. The highest BCUT2D eigenvalue weighted by molar-refractivity contribution is 7.99. The van der Waals surface area contributed by atoms with Crippen LogP contribution >= 0.6 is 23.4 Å². The number of fused-ring (bicyclic) bond motifs is 3. The molecule has 11 heteroatoms. The van der Waals surface area contributed by atoms with Crippen molar-refractivity contribution in [2.24, 2.45) is 5.92 Å². The van der Waals surface area contributed by atoms with Gasteiger partial charge in [-0.2, -0.15) is 0 Å². The second-order valence-electron chi connectivity index (χ2n) is 8.68. The summed E-state index contributed by atoms with van der Waals surface area (Å²) in [5.74, 6) is -2.26. The molecular weight excluding hydrogens is 532 g/mol. The van der Waals surface area contributed by atoms with Gasteiger partial charge < -0.3 is 14.5 Å². The summed E-state index contributed by atoms with van der Waals surface area (Å²) in [6.07, 6.45) is 1.39. The van der Waals surface area contributed by atoms with Crippen LogP contribution in [0.5, 0.6) is 5.75 Å². The highest BCUT2D eigenvalue weighted by Crippen LogP contribution is 2.56. The molecule has 0 amide bonds. The smallest absolute Gasteiger partial charge is 0.247 e. The maximum atomic E-state index is 15.4. The lowest BCUT2D eigenvalue weighted by molar-refractivity contribution is -0.0731. The Hall–Kier alpha value is -2.40. The molecule has 1 aromatic heterocycles. The molecule has 1 saturated heterocycles. The predicted molar refractivity (Wildman–Crippen MR) is 132 cm³/mol. The van der Waals surface area contributed by atoms with Crippen molar-refractivity contribution in [2.75, 3.05) is 19.0 Å². The van der Waals surface area contributed by atoms with Gasteiger partial charge in [-0.1, -0.05) is 11.6 Å². The number of H-pyrrole nitrogens is 1. The first kappa shape index (κ1) is 25.3. The minimum absolute atomic E-state index is 0.0309. The first-order valence-corrected chi connectivity index (χ1v) is 14.1. The van der Waals surface area contributed by atoms with Gasteiger partial charge in [0.1, 0.15) is 10.6 Å². The lowest BCUT2D eigenvalue weighted by Crippen LogP contribution is -2.57. The van der Waals surface area contributed by atoms with Gasteiger partial charge in [0.25, 0.3) is 0 Å². The number of nitrogens with one attached hydrogen (secondary N) is 1. The molecule has 3 heterocycles. The van der Waals surface area contributed by atoms with Gasteiger partial charge in [-0.15, -0.1) is 11.8 Å². The van der Waals surface area contributed by atoms with E-state index in [2.05, 4.69) is 4.98 Å². The number of rotatable bonds is 6. The normalized spacial score (nSPS) is 23.4. The topological polar surface area (TPSA) is 85.5 Å². The van der Waals surface area contributed by atoms with Gasteiger partial charge in [-0.05, 0) is 55.3 Å². The van der Waals surface area contributed by atoms with Crippen molar-refractivity contribution in [3.05, 3.63) is 87.3 Å². The van der Waals surface area contributed by atoms with Crippen LogP contribution in [0, 0.1) is 17.6 Å². The monoisotopic (exact) mass is 553 g/mol. The van der Waals surface area contributed by atoms with Crippen molar-refractivity contribution in [3.8, 4) is 5.75 Å². The minimum atomic E-state index is -4.24. The molecular formula is C25H22ClF2NO5S2. The Balaban J connectivity index is 1.56. The number of sulfone groups is 1. The summed E-state index contributed by atoms with van der Waals surface area (Å²) in [6, 6.07) is 10.7.